The van der Waals surface area contributed by atoms with Crippen LogP contribution in [0, 0.1) is 13.8 Å². The molecule has 0 atom stereocenters. The Hall–Kier alpha value is -1.16. The van der Waals surface area contributed by atoms with Crippen molar-refractivity contribution in [2.24, 2.45) is 5.14 Å². The van der Waals surface area contributed by atoms with Crippen LogP contribution in [-0.4, -0.2) is 29.1 Å². The Morgan fingerprint density at radius 3 is 2.25 bits per heavy atom. The number of hydrogen-bond donors (Lipinski definition) is 3. The third kappa shape index (κ3) is 4.75. The van der Waals surface area contributed by atoms with Gasteiger partial charge in [0, 0.05) is 12.2 Å². The van der Waals surface area contributed by atoms with Gasteiger partial charge in [0.25, 0.3) is 0 Å². The molecule has 20 heavy (non-hydrogen) atoms. The predicted octanol–water partition coefficient (Wildman–Crippen LogP) is -0.157. The summed E-state index contributed by atoms with van der Waals surface area (Å²) < 4.78 is 47.8. The zero-order valence-electron chi connectivity index (χ0n) is 11.4. The zero-order valence-corrected chi connectivity index (χ0v) is 13.0. The minimum atomic E-state index is -3.71. The van der Waals surface area contributed by atoms with Crippen LogP contribution in [0.3, 0.4) is 0 Å². The van der Waals surface area contributed by atoms with E-state index >= 15 is 0 Å². The summed E-state index contributed by atoms with van der Waals surface area (Å²) in [6.07, 6.45) is 0.110. The van der Waals surface area contributed by atoms with Gasteiger partial charge in [-0.25, -0.2) is 26.7 Å². The zero-order chi connectivity index (χ0) is 15.6. The predicted molar refractivity (Wildman–Crippen MR) is 78.1 cm³/mol. The van der Waals surface area contributed by atoms with Gasteiger partial charge >= 0.3 is 0 Å². The van der Waals surface area contributed by atoms with Crippen LogP contribution in [0.4, 0.5) is 5.69 Å². The van der Waals surface area contributed by atoms with E-state index in [2.05, 4.69) is 4.72 Å². The van der Waals surface area contributed by atoms with E-state index in [1.165, 1.54) is 12.1 Å². The highest BCUT2D eigenvalue weighted by Crippen LogP contribution is 2.21. The number of hydrogen-bond acceptors (Lipinski definition) is 5. The molecule has 114 valence electrons. The molecule has 0 spiro atoms. The molecule has 0 aromatic heterocycles. The van der Waals surface area contributed by atoms with E-state index in [9.17, 15) is 16.8 Å². The molecule has 0 fully saturated rings. The number of aryl methyl sites for hydroxylation is 1. The molecule has 0 saturated heterocycles. The third-order valence-electron chi connectivity index (χ3n) is 2.89. The van der Waals surface area contributed by atoms with E-state index in [-0.39, 0.29) is 23.6 Å². The van der Waals surface area contributed by atoms with Crippen molar-refractivity contribution in [2.45, 2.75) is 25.2 Å². The smallest absolute Gasteiger partial charge is 0.240 e. The minimum absolute atomic E-state index is 0.00834. The number of rotatable bonds is 6. The maximum Gasteiger partial charge on any atom is 0.240 e. The van der Waals surface area contributed by atoms with Gasteiger partial charge in [-0.2, -0.15) is 0 Å². The van der Waals surface area contributed by atoms with Gasteiger partial charge in [-0.05, 0) is 43.5 Å². The van der Waals surface area contributed by atoms with E-state index in [1.54, 1.807) is 13.8 Å². The molecular weight excluding hydrogens is 302 g/mol. The van der Waals surface area contributed by atoms with Crippen molar-refractivity contribution < 1.29 is 16.8 Å². The minimum Gasteiger partial charge on any atom is -0.398 e. The lowest BCUT2D eigenvalue weighted by Crippen LogP contribution is -2.27. The van der Waals surface area contributed by atoms with Gasteiger partial charge in [-0.1, -0.05) is 0 Å². The van der Waals surface area contributed by atoms with Gasteiger partial charge in [0.15, 0.2) is 0 Å². The summed E-state index contributed by atoms with van der Waals surface area (Å²) in [5.41, 5.74) is 7.74. The normalized spacial score (nSPS) is 12.6. The third-order valence-corrected chi connectivity index (χ3v) is 5.19. The van der Waals surface area contributed by atoms with Crippen LogP contribution in [0.5, 0.6) is 0 Å². The number of primary sulfonamides is 1. The number of anilines is 1. The molecule has 9 heteroatoms. The second-order valence-electron chi connectivity index (χ2n) is 4.57. The Kier molecular flexibility index (Phi) is 5.14. The van der Waals surface area contributed by atoms with Crippen LogP contribution in [0.25, 0.3) is 0 Å². The SMILES string of the molecule is Cc1cc(S(=O)(=O)NCCCS(N)(=O)=O)cc(N)c1C. The van der Waals surface area contributed by atoms with E-state index in [4.69, 9.17) is 10.9 Å². The fourth-order valence-corrected chi connectivity index (χ4v) is 3.31. The van der Waals surface area contributed by atoms with Crippen LogP contribution in [0.15, 0.2) is 17.0 Å². The summed E-state index contributed by atoms with van der Waals surface area (Å²) in [5.74, 6) is -0.273. The standard InChI is InChI=1S/C11H19N3O4S2/c1-8-6-10(7-11(12)9(8)2)20(17,18)14-4-3-5-19(13,15)16/h6-7,14H,3-5,12H2,1-2H3,(H2,13,15,16). The molecule has 0 amide bonds. The van der Waals surface area contributed by atoms with Crippen molar-refractivity contribution in [2.75, 3.05) is 18.0 Å². The topological polar surface area (TPSA) is 132 Å². The highest BCUT2D eigenvalue weighted by atomic mass is 32.2. The maximum absolute atomic E-state index is 12.0. The molecule has 1 aromatic carbocycles. The second kappa shape index (κ2) is 6.08. The molecule has 0 heterocycles. The first-order chi connectivity index (χ1) is 9.03. The van der Waals surface area contributed by atoms with Gasteiger partial charge in [-0.15, -0.1) is 0 Å². The first-order valence-electron chi connectivity index (χ1n) is 5.90. The molecule has 0 aliphatic rings. The molecule has 0 aliphatic heterocycles. The summed E-state index contributed by atoms with van der Waals surface area (Å²) in [5, 5.41) is 4.83. The highest BCUT2D eigenvalue weighted by molar-refractivity contribution is 7.89. The molecule has 1 aromatic rings. The van der Waals surface area contributed by atoms with Gasteiger partial charge in [0.2, 0.25) is 20.0 Å². The highest BCUT2D eigenvalue weighted by Gasteiger charge is 2.16. The van der Waals surface area contributed by atoms with E-state index in [0.717, 1.165) is 11.1 Å². The quantitative estimate of drug-likeness (QED) is 0.495. The van der Waals surface area contributed by atoms with Crippen molar-refractivity contribution in [1.82, 2.24) is 4.72 Å². The molecule has 0 aliphatic carbocycles. The van der Waals surface area contributed by atoms with E-state index in [1.807, 2.05) is 0 Å². The van der Waals surface area contributed by atoms with Crippen LogP contribution in [0.2, 0.25) is 0 Å². The fourth-order valence-electron chi connectivity index (χ4n) is 1.57. The molecule has 0 bridgehead atoms. The summed E-state index contributed by atoms with van der Waals surface area (Å²) in [6.45, 7) is 3.57. The molecular formula is C11H19N3O4S2. The first-order valence-corrected chi connectivity index (χ1v) is 9.09. The molecule has 0 unspecified atom stereocenters. The van der Waals surface area contributed by atoms with Gasteiger partial charge in [0.05, 0.1) is 10.6 Å². The number of sulfonamides is 2. The van der Waals surface area contributed by atoms with E-state index < -0.39 is 20.0 Å². The molecule has 5 N–H and O–H groups in total. The summed E-state index contributed by atoms with van der Waals surface area (Å²) in [7, 11) is -7.29. The van der Waals surface area contributed by atoms with Crippen molar-refractivity contribution in [3.63, 3.8) is 0 Å². The Morgan fingerprint density at radius 1 is 1.15 bits per heavy atom. The van der Waals surface area contributed by atoms with Crippen molar-refractivity contribution in [3.8, 4) is 0 Å². The van der Waals surface area contributed by atoms with Crippen molar-refractivity contribution in [1.29, 1.82) is 0 Å². The van der Waals surface area contributed by atoms with Gasteiger partial charge in [-0.3, -0.25) is 0 Å². The Bertz CT molecular complexity index is 673. The van der Waals surface area contributed by atoms with Crippen molar-refractivity contribution >= 4 is 25.7 Å². The summed E-state index contributed by atoms with van der Waals surface area (Å²) in [6, 6.07) is 2.90. The Labute approximate surface area is 119 Å². The molecule has 0 radical (unpaired) electrons. The average molecular weight is 321 g/mol. The summed E-state index contributed by atoms with van der Waals surface area (Å²) >= 11 is 0. The lowest BCUT2D eigenvalue weighted by molar-refractivity contribution is 0.576. The van der Waals surface area contributed by atoms with Crippen LogP contribution < -0.4 is 15.6 Å². The lowest BCUT2D eigenvalue weighted by Gasteiger charge is -2.10. The van der Waals surface area contributed by atoms with Gasteiger partial charge < -0.3 is 5.73 Å². The fraction of sp³-hybridized carbons (Fsp3) is 0.455. The molecule has 1 rings (SSSR count). The first kappa shape index (κ1) is 16.9. The van der Waals surface area contributed by atoms with Crippen molar-refractivity contribution in [3.05, 3.63) is 23.3 Å². The average Bonchev–Trinajstić information content (AvgIpc) is 2.30. The van der Waals surface area contributed by atoms with E-state index in [0.29, 0.717) is 5.69 Å². The number of benzene rings is 1. The largest absolute Gasteiger partial charge is 0.398 e. The monoisotopic (exact) mass is 321 g/mol. The van der Waals surface area contributed by atoms with Crippen LogP contribution in [0.1, 0.15) is 17.5 Å². The van der Waals surface area contributed by atoms with Crippen LogP contribution in [-0.2, 0) is 20.0 Å². The Balaban J connectivity index is 2.80. The molecule has 0 saturated carbocycles. The number of nitrogens with two attached hydrogens (primary N) is 2. The number of nitrogens with one attached hydrogen (secondary N) is 1. The number of nitrogen functional groups attached to an aromatic ring is 1. The maximum atomic E-state index is 12.0. The molecule has 7 nitrogen and oxygen atoms in total. The Morgan fingerprint density at radius 2 is 1.75 bits per heavy atom. The van der Waals surface area contributed by atoms with Crippen LogP contribution >= 0.6 is 0 Å². The second-order valence-corrected chi connectivity index (χ2v) is 8.07. The van der Waals surface area contributed by atoms with Gasteiger partial charge in [0.1, 0.15) is 0 Å². The summed E-state index contributed by atoms with van der Waals surface area (Å²) in [4.78, 5) is 0.0636. The lowest BCUT2D eigenvalue weighted by atomic mass is 10.1.